The van der Waals surface area contributed by atoms with Crippen molar-refractivity contribution in [2.24, 2.45) is 0 Å². The Labute approximate surface area is 191 Å². The minimum absolute atomic E-state index is 0.0879. The lowest BCUT2D eigenvalue weighted by Crippen LogP contribution is -2.37. The van der Waals surface area contributed by atoms with Crippen molar-refractivity contribution in [2.45, 2.75) is 51.9 Å². The molecule has 0 aliphatic carbocycles. The average Bonchev–Trinajstić information content (AvgIpc) is 3.05. The summed E-state index contributed by atoms with van der Waals surface area (Å²) in [5, 5.41) is 0. The smallest absolute Gasteiger partial charge is 0.299 e. The number of aromatic nitrogens is 2. The minimum atomic E-state index is -0.0879. The van der Waals surface area contributed by atoms with Gasteiger partial charge in [-0.15, -0.1) is 0 Å². The molecule has 4 rings (SSSR count). The van der Waals surface area contributed by atoms with Gasteiger partial charge in [-0.3, -0.25) is 9.69 Å². The van der Waals surface area contributed by atoms with Crippen LogP contribution in [0.15, 0.2) is 24.3 Å². The number of imidazole rings is 1. The second-order valence-electron chi connectivity index (χ2n) is 8.86. The number of carbonyl (C=O) groups is 1. The zero-order valence-corrected chi connectivity index (χ0v) is 19.4. The van der Waals surface area contributed by atoms with Crippen molar-refractivity contribution >= 4 is 5.91 Å². The Kier molecular flexibility index (Phi) is 7.81. The Morgan fingerprint density at radius 1 is 1.19 bits per heavy atom. The number of morpholine rings is 1. The van der Waals surface area contributed by atoms with E-state index in [1.807, 2.05) is 36.1 Å². The summed E-state index contributed by atoms with van der Waals surface area (Å²) in [5.74, 6) is 0.880. The van der Waals surface area contributed by atoms with Gasteiger partial charge < -0.3 is 19.4 Å². The van der Waals surface area contributed by atoms with Crippen LogP contribution in [-0.2, 0) is 16.0 Å². The first-order chi connectivity index (χ1) is 15.6. The second kappa shape index (κ2) is 11.0. The maximum Gasteiger partial charge on any atom is 0.299 e. The Morgan fingerprint density at radius 3 is 2.84 bits per heavy atom. The van der Waals surface area contributed by atoms with Crippen LogP contribution in [0.25, 0.3) is 0 Å². The van der Waals surface area contributed by atoms with Crippen LogP contribution in [0.1, 0.15) is 55.5 Å². The molecule has 1 amide bonds. The molecule has 1 aromatic carbocycles. The molecule has 174 valence electrons. The molecule has 2 saturated heterocycles. The number of nitrogens with one attached hydrogen (secondary N) is 1. The highest BCUT2D eigenvalue weighted by molar-refractivity contribution is 5.84. The molecule has 7 heteroatoms. The number of hydrogen-bond acceptors (Lipinski definition) is 5. The molecule has 0 saturated carbocycles. The molecule has 32 heavy (non-hydrogen) atoms. The first-order valence-electron chi connectivity index (χ1n) is 12.1. The first kappa shape index (κ1) is 22.8. The van der Waals surface area contributed by atoms with Gasteiger partial charge in [0.2, 0.25) is 5.91 Å². The highest BCUT2D eigenvalue weighted by atomic mass is 16.5. The van der Waals surface area contributed by atoms with E-state index in [0.29, 0.717) is 6.01 Å². The lowest BCUT2D eigenvalue weighted by molar-refractivity contribution is -0.132. The zero-order valence-electron chi connectivity index (χ0n) is 19.4. The van der Waals surface area contributed by atoms with Crippen LogP contribution in [0.3, 0.4) is 0 Å². The van der Waals surface area contributed by atoms with Gasteiger partial charge in [0.25, 0.3) is 6.01 Å². The van der Waals surface area contributed by atoms with Gasteiger partial charge in [-0.1, -0.05) is 25.5 Å². The summed E-state index contributed by atoms with van der Waals surface area (Å²) >= 11 is 0. The number of nitrogens with zero attached hydrogens (tertiary/aromatic N) is 3. The summed E-state index contributed by atoms with van der Waals surface area (Å²) in [7, 11) is 0. The molecular weight excluding hydrogens is 404 g/mol. The summed E-state index contributed by atoms with van der Waals surface area (Å²) in [6.07, 6.45) is 4.95. The second-order valence-corrected chi connectivity index (χ2v) is 8.86. The summed E-state index contributed by atoms with van der Waals surface area (Å²) in [5.41, 5.74) is 3.11. The molecule has 1 aromatic heterocycles. The highest BCUT2D eigenvalue weighted by Crippen LogP contribution is 2.31. The molecule has 7 nitrogen and oxygen atoms in total. The molecule has 0 bridgehead atoms. The third kappa shape index (κ3) is 5.70. The number of hydrogen-bond donors (Lipinski definition) is 1. The fourth-order valence-electron chi connectivity index (χ4n) is 4.67. The Hall–Kier alpha value is -2.38. The van der Waals surface area contributed by atoms with Crippen LogP contribution in [0.4, 0.5) is 0 Å². The molecule has 2 aromatic rings. The van der Waals surface area contributed by atoms with E-state index in [-0.39, 0.29) is 11.8 Å². The van der Waals surface area contributed by atoms with Crippen LogP contribution in [0.2, 0.25) is 0 Å². The minimum Gasteiger partial charge on any atom is -0.426 e. The Morgan fingerprint density at radius 2 is 2.03 bits per heavy atom. The lowest BCUT2D eigenvalue weighted by Gasteiger charge is -2.26. The molecule has 0 spiro atoms. The number of rotatable bonds is 8. The first-order valence-corrected chi connectivity index (χ1v) is 12.1. The van der Waals surface area contributed by atoms with E-state index in [1.54, 1.807) is 0 Å². The van der Waals surface area contributed by atoms with Gasteiger partial charge in [-0.2, -0.15) is 0 Å². The molecule has 1 unspecified atom stereocenters. The number of amides is 1. The van der Waals surface area contributed by atoms with Crippen molar-refractivity contribution in [3.63, 3.8) is 0 Å². The van der Waals surface area contributed by atoms with Crippen LogP contribution >= 0.6 is 0 Å². The number of benzene rings is 1. The van der Waals surface area contributed by atoms with Gasteiger partial charge in [-0.25, -0.2) is 4.98 Å². The summed E-state index contributed by atoms with van der Waals surface area (Å²) in [6.45, 7) is 10.4. The molecule has 3 heterocycles. The third-order valence-electron chi connectivity index (χ3n) is 6.49. The molecule has 1 N–H and O–H groups in total. The van der Waals surface area contributed by atoms with Gasteiger partial charge >= 0.3 is 0 Å². The van der Waals surface area contributed by atoms with Crippen LogP contribution in [0, 0.1) is 6.92 Å². The van der Waals surface area contributed by atoms with Crippen LogP contribution in [0.5, 0.6) is 11.8 Å². The maximum atomic E-state index is 13.1. The van der Waals surface area contributed by atoms with Crippen LogP contribution in [-0.4, -0.2) is 71.6 Å². The summed E-state index contributed by atoms with van der Waals surface area (Å²) in [6, 6.07) is 8.47. The fourth-order valence-corrected chi connectivity index (χ4v) is 4.67. The number of H-pyrrole nitrogens is 1. The molecule has 2 aliphatic heterocycles. The number of ether oxygens (including phenoxy) is 2. The van der Waals surface area contributed by atoms with E-state index in [0.717, 1.165) is 101 Å². The third-order valence-corrected chi connectivity index (χ3v) is 6.49. The Balaban J connectivity index is 1.42. The van der Waals surface area contributed by atoms with Crippen LogP contribution < -0.4 is 4.74 Å². The fraction of sp³-hybridized carbons (Fsp3) is 0.600. The average molecular weight is 441 g/mol. The monoisotopic (exact) mass is 440 g/mol. The topological polar surface area (TPSA) is 70.7 Å². The van der Waals surface area contributed by atoms with E-state index >= 15 is 0 Å². The van der Waals surface area contributed by atoms with E-state index < -0.39 is 0 Å². The van der Waals surface area contributed by atoms with Gasteiger partial charge in [0.1, 0.15) is 5.75 Å². The predicted molar refractivity (Wildman–Crippen MR) is 124 cm³/mol. The van der Waals surface area contributed by atoms with E-state index in [9.17, 15) is 4.79 Å². The van der Waals surface area contributed by atoms with Crippen molar-refractivity contribution in [1.29, 1.82) is 0 Å². The maximum absolute atomic E-state index is 13.1. The normalized spacial score (nSPS) is 20.4. The lowest BCUT2D eigenvalue weighted by atomic mass is 9.93. The number of aromatic amines is 1. The molecular formula is C25H36N4O3. The highest BCUT2D eigenvalue weighted by Gasteiger charge is 2.28. The van der Waals surface area contributed by atoms with Gasteiger partial charge in [-0.05, 0) is 43.9 Å². The van der Waals surface area contributed by atoms with Gasteiger partial charge in [0, 0.05) is 44.8 Å². The summed E-state index contributed by atoms with van der Waals surface area (Å²) in [4.78, 5) is 25.5. The van der Waals surface area contributed by atoms with E-state index in [2.05, 4.69) is 21.8 Å². The summed E-state index contributed by atoms with van der Waals surface area (Å²) < 4.78 is 11.5. The van der Waals surface area contributed by atoms with Crippen molar-refractivity contribution < 1.29 is 14.3 Å². The molecule has 0 radical (unpaired) electrons. The van der Waals surface area contributed by atoms with Gasteiger partial charge in [0.15, 0.2) is 0 Å². The SMILES string of the molecule is CCCN1CCCCC(c2cccc(Oc3nc(C)c(CCN4CCOCC4)[nH]3)c2)C1=O. The predicted octanol–water partition coefficient (Wildman–Crippen LogP) is 3.89. The molecule has 1 atom stereocenters. The van der Waals surface area contributed by atoms with Crippen molar-refractivity contribution in [3.8, 4) is 11.8 Å². The standard InChI is InChI=1S/C25H36N4O3/c1-3-11-29-12-5-4-9-22(24(29)30)20-7-6-8-21(18-20)32-25-26-19(2)23(27-25)10-13-28-14-16-31-17-15-28/h6-8,18,22H,3-5,9-17H2,1-2H3,(H,26,27). The van der Waals surface area contributed by atoms with Crippen molar-refractivity contribution in [1.82, 2.24) is 19.8 Å². The van der Waals surface area contributed by atoms with Gasteiger partial charge in [0.05, 0.1) is 24.8 Å². The number of aryl methyl sites for hydroxylation is 1. The van der Waals surface area contributed by atoms with Crippen molar-refractivity contribution in [3.05, 3.63) is 41.2 Å². The van der Waals surface area contributed by atoms with Crippen molar-refractivity contribution in [2.75, 3.05) is 45.9 Å². The quantitative estimate of drug-likeness (QED) is 0.674. The largest absolute Gasteiger partial charge is 0.426 e. The zero-order chi connectivity index (χ0) is 22.3. The molecule has 2 aliphatic rings. The Bertz CT molecular complexity index is 891. The number of likely N-dealkylation sites (tertiary alicyclic amines) is 1. The molecule has 2 fully saturated rings. The van der Waals surface area contributed by atoms with E-state index in [4.69, 9.17) is 9.47 Å². The van der Waals surface area contributed by atoms with E-state index in [1.165, 1.54) is 0 Å². The number of carbonyl (C=O) groups excluding carboxylic acids is 1.